The van der Waals surface area contributed by atoms with Crippen molar-refractivity contribution in [2.24, 2.45) is 5.73 Å². The van der Waals surface area contributed by atoms with Gasteiger partial charge in [0, 0.05) is 6.42 Å². The van der Waals surface area contributed by atoms with Crippen LogP contribution in [0.2, 0.25) is 0 Å². The summed E-state index contributed by atoms with van der Waals surface area (Å²) < 4.78 is 5.22. The molecule has 1 atom stereocenters. The van der Waals surface area contributed by atoms with Crippen molar-refractivity contribution in [2.75, 3.05) is 6.61 Å². The van der Waals surface area contributed by atoms with Crippen molar-refractivity contribution < 1.29 is 9.84 Å². The quantitative estimate of drug-likeness (QED) is 0.596. The lowest BCUT2D eigenvalue weighted by Crippen LogP contribution is -2.14. The predicted octanol–water partition coefficient (Wildman–Crippen LogP) is 1.86. The van der Waals surface area contributed by atoms with Gasteiger partial charge in [-0.3, -0.25) is 0 Å². The van der Waals surface area contributed by atoms with Crippen LogP contribution in [0.4, 0.5) is 0 Å². The summed E-state index contributed by atoms with van der Waals surface area (Å²) in [6, 6.07) is 5.11. The molecule has 0 heterocycles. The molecule has 1 unspecified atom stereocenters. The zero-order chi connectivity index (χ0) is 10.6. The van der Waals surface area contributed by atoms with Gasteiger partial charge < -0.3 is 15.6 Å². The molecule has 0 aromatic heterocycles. The summed E-state index contributed by atoms with van der Waals surface area (Å²) >= 11 is 5.66. The van der Waals surface area contributed by atoms with Crippen LogP contribution in [0.15, 0.2) is 18.2 Å². The topological polar surface area (TPSA) is 55.5 Å². The highest BCUT2D eigenvalue weighted by Gasteiger charge is 2.05. The van der Waals surface area contributed by atoms with E-state index in [9.17, 15) is 5.11 Å². The number of nitrogens with two attached hydrogens (primary N) is 1. The highest BCUT2D eigenvalue weighted by molar-refractivity contribution is 6.20. The predicted molar refractivity (Wildman–Crippen MR) is 56.8 cm³/mol. The molecule has 0 aliphatic carbocycles. The minimum Gasteiger partial charge on any atom is -0.504 e. The van der Waals surface area contributed by atoms with Crippen molar-refractivity contribution in [3.8, 4) is 11.5 Å². The van der Waals surface area contributed by atoms with Crippen LogP contribution in [0.5, 0.6) is 11.5 Å². The second-order valence-corrected chi connectivity index (χ2v) is 3.52. The molecule has 78 valence electrons. The Kier molecular flexibility index (Phi) is 4.04. The van der Waals surface area contributed by atoms with E-state index in [0.29, 0.717) is 18.8 Å². The van der Waals surface area contributed by atoms with Crippen molar-refractivity contribution >= 4 is 11.6 Å². The van der Waals surface area contributed by atoms with E-state index >= 15 is 0 Å². The van der Waals surface area contributed by atoms with Gasteiger partial charge in [-0.25, -0.2) is 0 Å². The molecule has 1 aromatic rings. The third-order valence-corrected chi connectivity index (χ3v) is 1.91. The lowest BCUT2D eigenvalue weighted by atomic mass is 10.1. The summed E-state index contributed by atoms with van der Waals surface area (Å²) in [7, 11) is 0. The van der Waals surface area contributed by atoms with Gasteiger partial charge in [0.2, 0.25) is 0 Å². The largest absolute Gasteiger partial charge is 0.504 e. The number of ether oxygens (including phenoxy) is 1. The van der Waals surface area contributed by atoms with Crippen LogP contribution < -0.4 is 10.5 Å². The van der Waals surface area contributed by atoms with Gasteiger partial charge in [-0.05, 0) is 24.6 Å². The number of benzene rings is 1. The summed E-state index contributed by atoms with van der Waals surface area (Å²) in [5.74, 6) is 0.612. The summed E-state index contributed by atoms with van der Waals surface area (Å²) in [5, 5.41) is 9.41. The smallest absolute Gasteiger partial charge is 0.161 e. The van der Waals surface area contributed by atoms with Crippen LogP contribution in [0.3, 0.4) is 0 Å². The number of hydrogen-bond donors (Lipinski definition) is 2. The molecule has 0 radical (unpaired) electrons. The van der Waals surface area contributed by atoms with Crippen LogP contribution >= 0.6 is 11.6 Å². The summed E-state index contributed by atoms with van der Waals surface area (Å²) in [4.78, 5) is 0. The summed E-state index contributed by atoms with van der Waals surface area (Å²) in [5.41, 5.74) is 5.99. The van der Waals surface area contributed by atoms with E-state index in [4.69, 9.17) is 22.1 Å². The Labute approximate surface area is 88.4 Å². The van der Waals surface area contributed by atoms with Gasteiger partial charge in [0.05, 0.1) is 12.1 Å². The van der Waals surface area contributed by atoms with Gasteiger partial charge in [-0.15, -0.1) is 11.6 Å². The molecule has 3 N–H and O–H groups in total. The molecular formula is C10H14ClNO2. The Hall–Kier alpha value is -0.930. The zero-order valence-corrected chi connectivity index (χ0v) is 8.79. The fourth-order valence-corrected chi connectivity index (χ4v) is 1.36. The van der Waals surface area contributed by atoms with Gasteiger partial charge in [0.1, 0.15) is 0 Å². The Bertz CT molecular complexity index is 302. The maximum Gasteiger partial charge on any atom is 0.161 e. The Morgan fingerprint density at radius 1 is 1.57 bits per heavy atom. The third kappa shape index (κ3) is 3.09. The molecule has 1 rings (SSSR count). The second kappa shape index (κ2) is 5.08. The second-order valence-electron chi connectivity index (χ2n) is 2.96. The number of halogens is 1. The van der Waals surface area contributed by atoms with Gasteiger partial charge in [-0.1, -0.05) is 6.07 Å². The van der Waals surface area contributed by atoms with Crippen LogP contribution in [0.25, 0.3) is 0 Å². The molecule has 0 spiro atoms. The molecule has 0 amide bonds. The first-order valence-electron chi connectivity index (χ1n) is 4.47. The zero-order valence-electron chi connectivity index (χ0n) is 8.03. The molecule has 0 fully saturated rings. The first-order chi connectivity index (χ1) is 6.63. The minimum atomic E-state index is -0.408. The SMILES string of the molecule is CCOc1cc(CC(N)Cl)ccc1O. The standard InChI is InChI=1S/C10H14ClNO2/c1-2-14-9-5-7(6-10(11)12)3-4-8(9)13/h3-5,10,13H,2,6,12H2,1H3. The molecule has 0 aliphatic heterocycles. The number of rotatable bonds is 4. The van der Waals surface area contributed by atoms with E-state index < -0.39 is 5.50 Å². The van der Waals surface area contributed by atoms with Crippen LogP contribution in [0.1, 0.15) is 12.5 Å². The normalized spacial score (nSPS) is 12.5. The van der Waals surface area contributed by atoms with Crippen LogP contribution in [0, 0.1) is 0 Å². The molecule has 0 saturated carbocycles. The maximum absolute atomic E-state index is 9.41. The van der Waals surface area contributed by atoms with Crippen LogP contribution in [-0.2, 0) is 6.42 Å². The van der Waals surface area contributed by atoms with E-state index in [1.807, 2.05) is 6.92 Å². The number of phenols is 1. The first kappa shape index (κ1) is 11.1. The summed E-state index contributed by atoms with van der Waals surface area (Å²) in [6.45, 7) is 2.38. The van der Waals surface area contributed by atoms with Gasteiger partial charge in [0.25, 0.3) is 0 Å². The fraction of sp³-hybridized carbons (Fsp3) is 0.400. The van der Waals surface area contributed by atoms with Crippen molar-refractivity contribution in [1.82, 2.24) is 0 Å². The molecular weight excluding hydrogens is 202 g/mol. The molecule has 3 nitrogen and oxygen atoms in total. The van der Waals surface area contributed by atoms with Crippen molar-refractivity contribution in [2.45, 2.75) is 18.8 Å². The Balaban J connectivity index is 2.83. The molecule has 4 heteroatoms. The van der Waals surface area contributed by atoms with Crippen molar-refractivity contribution in [3.05, 3.63) is 23.8 Å². The minimum absolute atomic E-state index is 0.138. The fourth-order valence-electron chi connectivity index (χ4n) is 1.18. The molecule has 0 aliphatic rings. The molecule has 14 heavy (non-hydrogen) atoms. The van der Waals surface area contributed by atoms with E-state index in [-0.39, 0.29) is 5.75 Å². The highest BCUT2D eigenvalue weighted by Crippen LogP contribution is 2.27. The molecule has 0 saturated heterocycles. The van der Waals surface area contributed by atoms with Gasteiger partial charge in [0.15, 0.2) is 11.5 Å². The lowest BCUT2D eigenvalue weighted by Gasteiger charge is -2.08. The Morgan fingerprint density at radius 3 is 2.86 bits per heavy atom. The summed E-state index contributed by atoms with van der Waals surface area (Å²) in [6.07, 6.45) is 0.557. The highest BCUT2D eigenvalue weighted by atomic mass is 35.5. The number of aromatic hydroxyl groups is 1. The number of hydrogen-bond acceptors (Lipinski definition) is 3. The van der Waals surface area contributed by atoms with Gasteiger partial charge >= 0.3 is 0 Å². The van der Waals surface area contributed by atoms with E-state index in [1.165, 1.54) is 0 Å². The Morgan fingerprint density at radius 2 is 2.29 bits per heavy atom. The first-order valence-corrected chi connectivity index (χ1v) is 4.91. The average molecular weight is 216 g/mol. The number of alkyl halides is 1. The third-order valence-electron chi connectivity index (χ3n) is 1.75. The van der Waals surface area contributed by atoms with Crippen molar-refractivity contribution in [3.63, 3.8) is 0 Å². The molecule has 0 bridgehead atoms. The van der Waals surface area contributed by atoms with Crippen LogP contribution in [-0.4, -0.2) is 17.2 Å². The van der Waals surface area contributed by atoms with Gasteiger partial charge in [-0.2, -0.15) is 0 Å². The molecule has 1 aromatic carbocycles. The van der Waals surface area contributed by atoms with E-state index in [0.717, 1.165) is 5.56 Å². The van der Waals surface area contributed by atoms with Crippen molar-refractivity contribution in [1.29, 1.82) is 0 Å². The maximum atomic E-state index is 9.41. The lowest BCUT2D eigenvalue weighted by molar-refractivity contribution is 0.317. The monoisotopic (exact) mass is 215 g/mol. The number of phenolic OH excluding ortho intramolecular Hbond substituents is 1. The van der Waals surface area contributed by atoms with E-state index in [2.05, 4.69) is 0 Å². The van der Waals surface area contributed by atoms with E-state index in [1.54, 1.807) is 18.2 Å². The average Bonchev–Trinajstić information content (AvgIpc) is 2.10.